The van der Waals surface area contributed by atoms with Crippen LogP contribution < -0.4 is 4.74 Å². The highest BCUT2D eigenvalue weighted by Crippen LogP contribution is 2.45. The van der Waals surface area contributed by atoms with Gasteiger partial charge in [0.05, 0.1) is 24.5 Å². The van der Waals surface area contributed by atoms with Crippen LogP contribution >= 0.6 is 0 Å². The Balaban J connectivity index is 1.57. The van der Waals surface area contributed by atoms with Crippen molar-refractivity contribution in [2.75, 3.05) is 7.11 Å². The Labute approximate surface area is 195 Å². The molecule has 2 aliphatic rings. The molecule has 0 N–H and O–H groups in total. The van der Waals surface area contributed by atoms with Crippen molar-refractivity contribution < 1.29 is 22.7 Å². The SMILES string of the molecule is COc1cccc(C(=O)N2[C@@H]3CCC[C@H]2c2nn(C)c(-c4cc(C(F)(F)F)n(C)n4)c2C3)c1C. The number of carbonyl (C=O) groups is 1. The van der Waals surface area contributed by atoms with Gasteiger partial charge >= 0.3 is 6.18 Å². The average Bonchev–Trinajstić information content (AvgIpc) is 3.32. The lowest BCUT2D eigenvalue weighted by Crippen LogP contribution is -2.50. The van der Waals surface area contributed by atoms with E-state index in [9.17, 15) is 18.0 Å². The number of amides is 1. The van der Waals surface area contributed by atoms with Crippen LogP contribution in [0, 0.1) is 6.92 Å². The molecule has 180 valence electrons. The highest BCUT2D eigenvalue weighted by atomic mass is 19.4. The number of ether oxygens (including phenoxy) is 1. The summed E-state index contributed by atoms with van der Waals surface area (Å²) in [7, 11) is 4.59. The Bertz CT molecular complexity index is 1280. The van der Waals surface area contributed by atoms with E-state index in [1.165, 1.54) is 7.05 Å². The lowest BCUT2D eigenvalue weighted by Gasteiger charge is -2.45. The maximum Gasteiger partial charge on any atom is 0.433 e. The van der Waals surface area contributed by atoms with Crippen LogP contribution in [0.25, 0.3) is 11.4 Å². The third-order valence-electron chi connectivity index (χ3n) is 7.06. The van der Waals surface area contributed by atoms with Gasteiger partial charge in [0.15, 0.2) is 0 Å². The van der Waals surface area contributed by atoms with Crippen LogP contribution in [0.3, 0.4) is 0 Å². The molecule has 0 saturated carbocycles. The summed E-state index contributed by atoms with van der Waals surface area (Å²) in [4.78, 5) is 15.6. The summed E-state index contributed by atoms with van der Waals surface area (Å²) in [6.07, 6.45) is -1.42. The molecule has 0 radical (unpaired) electrons. The van der Waals surface area contributed by atoms with Gasteiger partial charge in [0.1, 0.15) is 17.1 Å². The molecule has 2 aromatic heterocycles. The quantitative estimate of drug-likeness (QED) is 0.564. The van der Waals surface area contributed by atoms with E-state index in [2.05, 4.69) is 5.10 Å². The first-order chi connectivity index (χ1) is 16.1. The smallest absolute Gasteiger partial charge is 0.433 e. The van der Waals surface area contributed by atoms with Crippen molar-refractivity contribution in [3.05, 3.63) is 52.3 Å². The molecule has 10 heteroatoms. The Kier molecular flexibility index (Phi) is 5.22. The molecule has 0 spiro atoms. The van der Waals surface area contributed by atoms with Gasteiger partial charge in [0.2, 0.25) is 0 Å². The van der Waals surface area contributed by atoms with E-state index < -0.39 is 11.9 Å². The van der Waals surface area contributed by atoms with Gasteiger partial charge in [0.25, 0.3) is 5.91 Å². The number of alkyl halides is 3. The molecule has 2 atom stereocenters. The predicted molar refractivity (Wildman–Crippen MR) is 118 cm³/mol. The van der Waals surface area contributed by atoms with Crippen LogP contribution in [0.15, 0.2) is 24.3 Å². The monoisotopic (exact) mass is 473 g/mol. The first kappa shape index (κ1) is 22.5. The maximum absolute atomic E-state index is 13.7. The van der Waals surface area contributed by atoms with Crippen molar-refractivity contribution >= 4 is 5.91 Å². The van der Waals surface area contributed by atoms with Gasteiger partial charge in [-0.05, 0) is 50.8 Å². The summed E-state index contributed by atoms with van der Waals surface area (Å²) >= 11 is 0. The van der Waals surface area contributed by atoms with E-state index >= 15 is 0 Å². The van der Waals surface area contributed by atoms with Crippen LogP contribution in [0.4, 0.5) is 13.2 Å². The number of piperidine rings is 1. The van der Waals surface area contributed by atoms with E-state index in [0.717, 1.165) is 46.8 Å². The molecule has 1 saturated heterocycles. The zero-order valence-electron chi connectivity index (χ0n) is 19.5. The van der Waals surface area contributed by atoms with Crippen molar-refractivity contribution in [2.24, 2.45) is 14.1 Å². The second kappa shape index (κ2) is 7.89. The summed E-state index contributed by atoms with van der Waals surface area (Å²) in [5.74, 6) is 0.589. The standard InChI is InChI=1S/C24H26F3N5O2/c1-13-15(8-6-10-19(13)34-4)23(33)32-14-7-5-9-18(32)21-16(11-14)22(31(3)29-21)17-12-20(24(25,26)27)30(2)28-17/h6,8,10,12,14,18H,5,7,9,11H2,1-4H3/t14-,18+/m1/s1. The zero-order chi connectivity index (χ0) is 24.4. The minimum absolute atomic E-state index is 0.0573. The van der Waals surface area contributed by atoms with Gasteiger partial charge in [-0.1, -0.05) is 6.07 Å². The summed E-state index contributed by atoms with van der Waals surface area (Å²) < 4.78 is 48.0. The molecule has 1 aromatic carbocycles. The number of carbonyl (C=O) groups excluding carboxylic acids is 1. The number of halogens is 3. The fourth-order valence-electron chi connectivity index (χ4n) is 5.52. The van der Waals surface area contributed by atoms with Gasteiger partial charge in [-0.25, -0.2) is 0 Å². The number of fused-ring (bicyclic) bond motifs is 4. The number of hydrogen-bond donors (Lipinski definition) is 0. The number of benzene rings is 1. The molecular weight excluding hydrogens is 447 g/mol. The van der Waals surface area contributed by atoms with Crippen molar-refractivity contribution in [1.29, 1.82) is 0 Å². The lowest BCUT2D eigenvalue weighted by atomic mass is 9.81. The van der Waals surface area contributed by atoms with Crippen LogP contribution in [0.5, 0.6) is 5.75 Å². The molecule has 34 heavy (non-hydrogen) atoms. The maximum atomic E-state index is 13.7. The molecule has 1 amide bonds. The normalized spacial score (nSPS) is 19.8. The first-order valence-electron chi connectivity index (χ1n) is 11.3. The first-order valence-corrected chi connectivity index (χ1v) is 11.3. The van der Waals surface area contributed by atoms with Crippen molar-refractivity contribution in [1.82, 2.24) is 24.5 Å². The van der Waals surface area contributed by atoms with Crippen LogP contribution in [0.1, 0.15) is 58.2 Å². The summed E-state index contributed by atoms with van der Waals surface area (Å²) in [6.45, 7) is 1.87. The molecule has 2 aliphatic heterocycles. The van der Waals surface area contributed by atoms with E-state index in [0.29, 0.717) is 23.4 Å². The predicted octanol–water partition coefficient (Wildman–Crippen LogP) is 4.45. The van der Waals surface area contributed by atoms with E-state index in [1.807, 2.05) is 30.0 Å². The fourth-order valence-corrected chi connectivity index (χ4v) is 5.52. The third kappa shape index (κ3) is 3.38. The highest BCUT2D eigenvalue weighted by molar-refractivity contribution is 5.97. The minimum atomic E-state index is -4.49. The van der Waals surface area contributed by atoms with Crippen LogP contribution in [0.2, 0.25) is 0 Å². The van der Waals surface area contributed by atoms with Gasteiger partial charge in [0, 0.05) is 36.8 Å². The fraction of sp³-hybridized carbons (Fsp3) is 0.458. The topological polar surface area (TPSA) is 65.2 Å². The number of nitrogens with zero attached hydrogens (tertiary/aromatic N) is 5. The minimum Gasteiger partial charge on any atom is -0.496 e. The van der Waals surface area contributed by atoms with Gasteiger partial charge in [-0.15, -0.1) is 0 Å². The molecule has 4 heterocycles. The highest BCUT2D eigenvalue weighted by Gasteiger charge is 2.44. The number of aromatic nitrogens is 4. The Morgan fingerprint density at radius 2 is 1.91 bits per heavy atom. The Morgan fingerprint density at radius 3 is 2.59 bits per heavy atom. The number of aryl methyl sites for hydroxylation is 2. The van der Waals surface area contributed by atoms with Gasteiger partial charge < -0.3 is 9.64 Å². The molecular formula is C24H26F3N5O2. The second-order valence-electron chi connectivity index (χ2n) is 9.02. The van der Waals surface area contributed by atoms with Crippen LogP contribution in [-0.2, 0) is 26.7 Å². The molecule has 5 rings (SSSR count). The van der Waals surface area contributed by atoms with Gasteiger partial charge in [-0.2, -0.15) is 23.4 Å². The molecule has 0 aliphatic carbocycles. The molecule has 2 bridgehead atoms. The van der Waals surface area contributed by atoms with Crippen molar-refractivity contribution in [3.63, 3.8) is 0 Å². The van der Waals surface area contributed by atoms with Crippen molar-refractivity contribution in [2.45, 2.75) is 50.9 Å². The molecule has 1 fully saturated rings. The zero-order valence-corrected chi connectivity index (χ0v) is 19.5. The van der Waals surface area contributed by atoms with Gasteiger partial charge in [-0.3, -0.25) is 14.2 Å². The second-order valence-corrected chi connectivity index (χ2v) is 9.02. The Morgan fingerprint density at radius 1 is 1.15 bits per heavy atom. The van der Waals surface area contributed by atoms with Crippen LogP contribution in [-0.4, -0.2) is 43.5 Å². The third-order valence-corrected chi connectivity index (χ3v) is 7.06. The number of hydrogen-bond acceptors (Lipinski definition) is 4. The van der Waals surface area contributed by atoms with E-state index in [4.69, 9.17) is 9.84 Å². The summed E-state index contributed by atoms with van der Waals surface area (Å²) in [5, 5.41) is 8.86. The summed E-state index contributed by atoms with van der Waals surface area (Å²) in [5.41, 5.74) is 3.04. The Hall–Kier alpha value is -3.30. The number of methoxy groups -OCH3 is 1. The molecule has 3 aromatic rings. The average molecular weight is 473 g/mol. The van der Waals surface area contributed by atoms with Crippen molar-refractivity contribution in [3.8, 4) is 17.1 Å². The summed E-state index contributed by atoms with van der Waals surface area (Å²) in [6, 6.07) is 6.23. The molecule has 0 unspecified atom stereocenters. The largest absolute Gasteiger partial charge is 0.496 e. The molecule has 7 nitrogen and oxygen atoms in total. The van der Waals surface area contributed by atoms with E-state index in [-0.39, 0.29) is 23.7 Å². The lowest BCUT2D eigenvalue weighted by molar-refractivity contribution is -0.143. The van der Waals surface area contributed by atoms with E-state index in [1.54, 1.807) is 18.8 Å². The number of rotatable bonds is 3.